The summed E-state index contributed by atoms with van der Waals surface area (Å²) in [6, 6.07) is 5.11. The molecule has 1 aromatic rings. The number of aryl methyl sites for hydroxylation is 1. The van der Waals surface area contributed by atoms with E-state index in [4.69, 9.17) is 11.6 Å². The predicted octanol–water partition coefficient (Wildman–Crippen LogP) is 4.33. The second kappa shape index (κ2) is 3.98. The van der Waals surface area contributed by atoms with Crippen molar-refractivity contribution in [2.75, 3.05) is 5.88 Å². The highest BCUT2D eigenvalue weighted by Crippen LogP contribution is 2.61. The summed E-state index contributed by atoms with van der Waals surface area (Å²) in [5.41, 5.74) is 2.58. The van der Waals surface area contributed by atoms with E-state index in [2.05, 4.69) is 6.92 Å². The van der Waals surface area contributed by atoms with Crippen LogP contribution in [0.2, 0.25) is 0 Å². The van der Waals surface area contributed by atoms with Crippen LogP contribution in [0.4, 0.5) is 4.39 Å². The lowest BCUT2D eigenvalue weighted by Crippen LogP contribution is -2.24. The molecule has 0 radical (unpaired) electrons. The summed E-state index contributed by atoms with van der Waals surface area (Å²) in [4.78, 5) is 0. The Morgan fingerprint density at radius 1 is 1.35 bits per heavy atom. The van der Waals surface area contributed by atoms with E-state index in [9.17, 15) is 4.39 Å². The number of fused-ring (bicyclic) bond motifs is 1. The molecule has 0 aromatic heterocycles. The van der Waals surface area contributed by atoms with Gasteiger partial charge in [0, 0.05) is 5.88 Å². The molecule has 0 bridgehead atoms. The molecule has 92 valence electrons. The van der Waals surface area contributed by atoms with Gasteiger partial charge in [-0.1, -0.05) is 6.07 Å². The number of hydrogen-bond acceptors (Lipinski definition) is 0. The van der Waals surface area contributed by atoms with Crippen LogP contribution in [0, 0.1) is 30.0 Å². The molecular formula is C15H18ClF. The fraction of sp³-hybridized carbons (Fsp3) is 0.600. The Bertz CT molecular complexity index is 431. The van der Waals surface area contributed by atoms with Gasteiger partial charge in [-0.25, -0.2) is 4.39 Å². The maximum atomic E-state index is 13.3. The summed E-state index contributed by atoms with van der Waals surface area (Å²) in [6.45, 7) is 2.06. The molecule has 0 heterocycles. The van der Waals surface area contributed by atoms with E-state index < -0.39 is 0 Å². The van der Waals surface area contributed by atoms with Gasteiger partial charge in [0.25, 0.3) is 0 Å². The first kappa shape index (κ1) is 11.5. The molecule has 2 atom stereocenters. The van der Waals surface area contributed by atoms with Gasteiger partial charge in [0.15, 0.2) is 0 Å². The molecule has 0 spiro atoms. The Morgan fingerprint density at radius 2 is 2.06 bits per heavy atom. The van der Waals surface area contributed by atoms with Crippen molar-refractivity contribution in [2.45, 2.75) is 32.6 Å². The average molecular weight is 253 g/mol. The largest absolute Gasteiger partial charge is 0.207 e. The highest BCUT2D eigenvalue weighted by molar-refractivity contribution is 6.18. The van der Waals surface area contributed by atoms with Crippen LogP contribution < -0.4 is 0 Å². The second-order valence-electron chi connectivity index (χ2n) is 6.05. The van der Waals surface area contributed by atoms with Gasteiger partial charge in [-0.3, -0.25) is 0 Å². The van der Waals surface area contributed by atoms with Gasteiger partial charge in [-0.05, 0) is 73.1 Å². The normalized spacial score (nSPS) is 34.8. The monoisotopic (exact) mass is 252 g/mol. The number of benzene rings is 1. The molecule has 17 heavy (non-hydrogen) atoms. The van der Waals surface area contributed by atoms with Crippen molar-refractivity contribution in [2.24, 2.45) is 17.3 Å². The predicted molar refractivity (Wildman–Crippen MR) is 68.8 cm³/mol. The zero-order valence-electron chi connectivity index (χ0n) is 10.2. The fourth-order valence-electron chi connectivity index (χ4n) is 3.54. The number of halogens is 2. The summed E-state index contributed by atoms with van der Waals surface area (Å²) in [5, 5.41) is 0. The Balaban J connectivity index is 1.83. The quantitative estimate of drug-likeness (QED) is 0.703. The lowest BCUT2D eigenvalue weighted by molar-refractivity contribution is 0.302. The molecule has 0 aliphatic heterocycles. The maximum Gasteiger partial charge on any atom is 0.123 e. The molecule has 0 nitrogen and oxygen atoms in total. The van der Waals surface area contributed by atoms with Gasteiger partial charge >= 0.3 is 0 Å². The highest BCUT2D eigenvalue weighted by atomic mass is 35.5. The molecule has 0 N–H and O–H groups in total. The van der Waals surface area contributed by atoms with Gasteiger partial charge in [0.2, 0.25) is 0 Å². The van der Waals surface area contributed by atoms with Crippen LogP contribution in [-0.4, -0.2) is 5.88 Å². The minimum Gasteiger partial charge on any atom is -0.207 e. The van der Waals surface area contributed by atoms with Crippen LogP contribution >= 0.6 is 11.6 Å². The molecule has 2 aliphatic carbocycles. The second-order valence-corrected chi connectivity index (χ2v) is 6.31. The van der Waals surface area contributed by atoms with Crippen LogP contribution in [-0.2, 0) is 6.42 Å². The first-order valence-electron chi connectivity index (χ1n) is 6.43. The summed E-state index contributed by atoms with van der Waals surface area (Å²) in [6.07, 6.45) is 4.85. The fourth-order valence-corrected chi connectivity index (χ4v) is 3.85. The van der Waals surface area contributed by atoms with E-state index >= 15 is 0 Å². The van der Waals surface area contributed by atoms with Gasteiger partial charge in [0.05, 0.1) is 0 Å². The van der Waals surface area contributed by atoms with Crippen molar-refractivity contribution in [1.82, 2.24) is 0 Å². The van der Waals surface area contributed by atoms with Gasteiger partial charge < -0.3 is 0 Å². The zero-order valence-corrected chi connectivity index (χ0v) is 10.9. The third kappa shape index (κ3) is 2.10. The van der Waals surface area contributed by atoms with Gasteiger partial charge in [0.1, 0.15) is 5.82 Å². The lowest BCUT2D eigenvalue weighted by atomic mass is 9.78. The van der Waals surface area contributed by atoms with Crippen LogP contribution in [0.1, 0.15) is 30.4 Å². The Morgan fingerprint density at radius 3 is 2.71 bits per heavy atom. The lowest BCUT2D eigenvalue weighted by Gasteiger charge is -2.29. The first-order valence-corrected chi connectivity index (χ1v) is 6.96. The van der Waals surface area contributed by atoms with E-state index in [1.54, 1.807) is 12.1 Å². The molecule has 2 unspecified atom stereocenters. The third-order valence-electron chi connectivity index (χ3n) is 4.62. The first-order chi connectivity index (χ1) is 8.12. The highest BCUT2D eigenvalue weighted by Gasteiger charge is 2.53. The van der Waals surface area contributed by atoms with Crippen molar-refractivity contribution in [3.05, 3.63) is 35.1 Å². The smallest absolute Gasteiger partial charge is 0.123 e. The van der Waals surface area contributed by atoms with E-state index in [1.165, 1.54) is 24.8 Å². The van der Waals surface area contributed by atoms with Crippen molar-refractivity contribution in [1.29, 1.82) is 0 Å². The molecule has 2 heteroatoms. The SMILES string of the molecule is Cc1ccc(F)cc1CC1(CCl)CC2CC2C1. The topological polar surface area (TPSA) is 0 Å². The Kier molecular flexibility index (Phi) is 2.70. The molecule has 0 saturated heterocycles. The van der Waals surface area contributed by atoms with E-state index in [0.717, 1.165) is 29.7 Å². The molecule has 2 fully saturated rings. The van der Waals surface area contributed by atoms with Crippen LogP contribution in [0.25, 0.3) is 0 Å². The molecular weight excluding hydrogens is 235 g/mol. The molecule has 1 aromatic carbocycles. The Hall–Kier alpha value is -0.560. The van der Waals surface area contributed by atoms with Crippen LogP contribution in [0.3, 0.4) is 0 Å². The summed E-state index contributed by atoms with van der Waals surface area (Å²) >= 11 is 6.20. The third-order valence-corrected chi connectivity index (χ3v) is 5.19. The molecule has 3 rings (SSSR count). The van der Waals surface area contributed by atoms with E-state index in [1.807, 2.05) is 6.07 Å². The van der Waals surface area contributed by atoms with Crippen molar-refractivity contribution < 1.29 is 4.39 Å². The standard InChI is InChI=1S/C15H18ClF/c1-10-2-3-14(17)5-11(10)6-15(9-16)7-12-4-13(12)8-15/h2-3,5,12-13H,4,6-9H2,1H3. The number of rotatable bonds is 3. The van der Waals surface area contributed by atoms with Crippen LogP contribution in [0.15, 0.2) is 18.2 Å². The van der Waals surface area contributed by atoms with Crippen molar-refractivity contribution in [3.63, 3.8) is 0 Å². The zero-order chi connectivity index (χ0) is 12.0. The molecule has 0 amide bonds. The minimum atomic E-state index is -0.126. The van der Waals surface area contributed by atoms with Gasteiger partial charge in [-0.2, -0.15) is 0 Å². The van der Waals surface area contributed by atoms with E-state index in [0.29, 0.717) is 0 Å². The Labute approximate surface area is 107 Å². The number of alkyl halides is 1. The van der Waals surface area contributed by atoms with Gasteiger partial charge in [-0.15, -0.1) is 11.6 Å². The van der Waals surface area contributed by atoms with Crippen molar-refractivity contribution >= 4 is 11.6 Å². The van der Waals surface area contributed by atoms with E-state index in [-0.39, 0.29) is 11.2 Å². The minimum absolute atomic E-state index is 0.126. The van der Waals surface area contributed by atoms with Crippen molar-refractivity contribution in [3.8, 4) is 0 Å². The number of hydrogen-bond donors (Lipinski definition) is 0. The average Bonchev–Trinajstić information content (AvgIpc) is 2.92. The summed E-state index contributed by atoms with van der Waals surface area (Å²) in [7, 11) is 0. The van der Waals surface area contributed by atoms with Crippen LogP contribution in [0.5, 0.6) is 0 Å². The molecule has 2 saturated carbocycles. The maximum absolute atomic E-state index is 13.3. The summed E-state index contributed by atoms with van der Waals surface area (Å²) < 4.78 is 13.3. The summed E-state index contributed by atoms with van der Waals surface area (Å²) in [5.74, 6) is 2.43. The molecule has 2 aliphatic rings.